The van der Waals surface area contributed by atoms with Gasteiger partial charge in [-0.1, -0.05) is 30.3 Å². The van der Waals surface area contributed by atoms with Crippen LogP contribution in [0.25, 0.3) is 0 Å². The third-order valence-electron chi connectivity index (χ3n) is 4.50. The van der Waals surface area contributed by atoms with E-state index in [1.54, 1.807) is 4.31 Å². The van der Waals surface area contributed by atoms with Crippen LogP contribution in [0, 0.1) is 5.92 Å². The summed E-state index contributed by atoms with van der Waals surface area (Å²) in [5, 5.41) is 3.34. The zero-order valence-corrected chi connectivity index (χ0v) is 16.3. The van der Waals surface area contributed by atoms with Crippen LogP contribution >= 0.6 is 0 Å². The first-order valence-electron chi connectivity index (χ1n) is 8.88. The smallest absolute Gasteiger partial charge is 0.211 e. The second-order valence-corrected chi connectivity index (χ2v) is 8.62. The van der Waals surface area contributed by atoms with Crippen LogP contribution in [-0.2, 0) is 16.6 Å². The molecular formula is C18H30N4O2S. The minimum Gasteiger partial charge on any atom is -0.357 e. The molecule has 0 bridgehead atoms. The van der Waals surface area contributed by atoms with Gasteiger partial charge in [0.15, 0.2) is 5.96 Å². The molecule has 0 spiro atoms. The first-order chi connectivity index (χ1) is 11.9. The lowest BCUT2D eigenvalue weighted by Crippen LogP contribution is -2.40. The van der Waals surface area contributed by atoms with Crippen molar-refractivity contribution in [1.82, 2.24) is 14.5 Å². The van der Waals surface area contributed by atoms with E-state index in [1.807, 2.05) is 25.2 Å². The predicted octanol–water partition coefficient (Wildman–Crippen LogP) is 1.76. The highest BCUT2D eigenvalue weighted by atomic mass is 32.2. The normalized spacial score (nSPS) is 17.5. The highest BCUT2D eigenvalue weighted by Crippen LogP contribution is 2.19. The third-order valence-corrected chi connectivity index (χ3v) is 5.80. The molecule has 0 atom stereocenters. The summed E-state index contributed by atoms with van der Waals surface area (Å²) < 4.78 is 24.7. The summed E-state index contributed by atoms with van der Waals surface area (Å²) in [7, 11) is -1.02. The molecule has 0 aromatic heterocycles. The van der Waals surface area contributed by atoms with Crippen LogP contribution in [0.15, 0.2) is 35.3 Å². The Morgan fingerprint density at radius 3 is 2.48 bits per heavy atom. The van der Waals surface area contributed by atoms with Gasteiger partial charge in [-0.3, -0.25) is 4.99 Å². The Labute approximate surface area is 152 Å². The minimum absolute atomic E-state index is 0.441. The van der Waals surface area contributed by atoms with Crippen molar-refractivity contribution in [2.45, 2.75) is 26.3 Å². The van der Waals surface area contributed by atoms with Gasteiger partial charge in [-0.2, -0.15) is 0 Å². The van der Waals surface area contributed by atoms with E-state index >= 15 is 0 Å². The predicted molar refractivity (Wildman–Crippen MR) is 103 cm³/mol. The molecule has 6 nitrogen and oxygen atoms in total. The van der Waals surface area contributed by atoms with E-state index in [-0.39, 0.29) is 0 Å². The summed E-state index contributed by atoms with van der Waals surface area (Å²) in [6, 6.07) is 10.3. The minimum atomic E-state index is -3.06. The summed E-state index contributed by atoms with van der Waals surface area (Å²) >= 11 is 0. The van der Waals surface area contributed by atoms with E-state index in [9.17, 15) is 8.42 Å². The van der Waals surface area contributed by atoms with Crippen LogP contribution in [0.1, 0.15) is 25.3 Å². The zero-order valence-electron chi connectivity index (χ0n) is 15.5. The molecule has 0 unspecified atom stereocenters. The lowest BCUT2D eigenvalue weighted by Gasteiger charge is -2.30. The number of benzene rings is 1. The van der Waals surface area contributed by atoms with Crippen LogP contribution in [-0.4, -0.2) is 63.1 Å². The molecule has 1 N–H and O–H groups in total. The van der Waals surface area contributed by atoms with Crippen molar-refractivity contribution >= 4 is 16.0 Å². The number of hydrogen-bond donors (Lipinski definition) is 1. The number of hydrogen-bond acceptors (Lipinski definition) is 3. The number of sulfonamides is 1. The fourth-order valence-corrected chi connectivity index (χ4v) is 3.92. The quantitative estimate of drug-likeness (QED) is 0.615. The van der Waals surface area contributed by atoms with Crippen molar-refractivity contribution in [3.8, 4) is 0 Å². The summed E-state index contributed by atoms with van der Waals surface area (Å²) in [4.78, 5) is 6.91. The van der Waals surface area contributed by atoms with Gasteiger partial charge in [-0.25, -0.2) is 12.7 Å². The summed E-state index contributed by atoms with van der Waals surface area (Å²) in [5.41, 5.74) is 1.25. The van der Waals surface area contributed by atoms with Gasteiger partial charge in [-0.15, -0.1) is 0 Å². The highest BCUT2D eigenvalue weighted by molar-refractivity contribution is 7.88. The second-order valence-electron chi connectivity index (χ2n) is 6.64. The molecule has 0 saturated carbocycles. The molecule has 140 valence electrons. The Morgan fingerprint density at radius 1 is 1.28 bits per heavy atom. The maximum Gasteiger partial charge on any atom is 0.211 e. The maximum absolute atomic E-state index is 11.6. The summed E-state index contributed by atoms with van der Waals surface area (Å²) in [6.45, 7) is 5.64. The van der Waals surface area contributed by atoms with E-state index in [2.05, 4.69) is 29.3 Å². The number of aliphatic imine (C=N–C) groups is 1. The molecule has 1 aliphatic rings. The van der Waals surface area contributed by atoms with Crippen molar-refractivity contribution in [3.63, 3.8) is 0 Å². The molecule has 1 aromatic carbocycles. The van der Waals surface area contributed by atoms with E-state index < -0.39 is 10.0 Å². The van der Waals surface area contributed by atoms with Crippen molar-refractivity contribution in [3.05, 3.63) is 35.9 Å². The SMILES string of the molecule is CCNC(=NCC1CCN(S(C)(=O)=O)CC1)N(C)Cc1ccccc1. The summed E-state index contributed by atoms with van der Waals surface area (Å²) in [6.07, 6.45) is 3.03. The molecule has 0 amide bonds. The van der Waals surface area contributed by atoms with Crippen molar-refractivity contribution < 1.29 is 8.42 Å². The molecule has 1 aromatic rings. The third kappa shape index (κ3) is 6.32. The molecule has 1 aliphatic heterocycles. The lowest BCUT2D eigenvalue weighted by molar-refractivity contribution is 0.279. The molecule has 25 heavy (non-hydrogen) atoms. The number of rotatable bonds is 6. The van der Waals surface area contributed by atoms with Gasteiger partial charge < -0.3 is 10.2 Å². The van der Waals surface area contributed by atoms with Gasteiger partial charge in [0.05, 0.1) is 6.26 Å². The van der Waals surface area contributed by atoms with Crippen molar-refractivity contribution in [2.24, 2.45) is 10.9 Å². The second kappa shape index (κ2) is 9.20. The molecule has 1 saturated heterocycles. The number of nitrogens with zero attached hydrogens (tertiary/aromatic N) is 3. The Morgan fingerprint density at radius 2 is 1.92 bits per heavy atom. The first-order valence-corrected chi connectivity index (χ1v) is 10.7. The molecule has 2 rings (SSSR count). The summed E-state index contributed by atoms with van der Waals surface area (Å²) in [5.74, 6) is 1.34. The molecule has 0 aliphatic carbocycles. The van der Waals surface area contributed by atoms with Crippen LogP contribution < -0.4 is 5.32 Å². The van der Waals surface area contributed by atoms with Gasteiger partial charge in [-0.05, 0) is 31.2 Å². The Kier molecular flexibility index (Phi) is 7.25. The topological polar surface area (TPSA) is 65.0 Å². The fraction of sp³-hybridized carbons (Fsp3) is 0.611. The zero-order chi connectivity index (χ0) is 18.3. The fourth-order valence-electron chi connectivity index (χ4n) is 3.04. The lowest BCUT2D eigenvalue weighted by atomic mass is 9.98. The average Bonchev–Trinajstić information content (AvgIpc) is 2.59. The molecule has 1 heterocycles. The van der Waals surface area contributed by atoms with E-state index in [1.165, 1.54) is 11.8 Å². The number of guanidine groups is 1. The van der Waals surface area contributed by atoms with Gasteiger partial charge in [0, 0.05) is 39.8 Å². The molecular weight excluding hydrogens is 336 g/mol. The van der Waals surface area contributed by atoms with Crippen molar-refractivity contribution in [2.75, 3.05) is 39.5 Å². The van der Waals surface area contributed by atoms with Crippen LogP contribution in [0.4, 0.5) is 0 Å². The van der Waals surface area contributed by atoms with Crippen LogP contribution in [0.5, 0.6) is 0 Å². The van der Waals surface area contributed by atoms with Crippen molar-refractivity contribution in [1.29, 1.82) is 0 Å². The van der Waals surface area contributed by atoms with Gasteiger partial charge in [0.1, 0.15) is 0 Å². The Bertz CT molecular complexity index is 653. The largest absolute Gasteiger partial charge is 0.357 e. The van der Waals surface area contributed by atoms with Gasteiger partial charge in [0.25, 0.3) is 0 Å². The first kappa shape index (κ1) is 19.7. The monoisotopic (exact) mass is 366 g/mol. The van der Waals surface area contributed by atoms with E-state index in [0.29, 0.717) is 19.0 Å². The number of piperidine rings is 1. The van der Waals surface area contributed by atoms with Crippen LogP contribution in [0.2, 0.25) is 0 Å². The standard InChI is InChI=1S/C18H30N4O2S/c1-4-19-18(21(2)15-17-8-6-5-7-9-17)20-14-16-10-12-22(13-11-16)25(3,23)24/h5-9,16H,4,10-15H2,1-3H3,(H,19,20). The Balaban J connectivity index is 1.91. The number of nitrogens with one attached hydrogen (secondary N) is 1. The van der Waals surface area contributed by atoms with Crippen LogP contribution in [0.3, 0.4) is 0 Å². The van der Waals surface area contributed by atoms with Gasteiger partial charge >= 0.3 is 0 Å². The molecule has 0 radical (unpaired) electrons. The Hall–Kier alpha value is -1.60. The highest BCUT2D eigenvalue weighted by Gasteiger charge is 2.24. The molecule has 1 fully saturated rings. The molecule has 7 heteroatoms. The van der Waals surface area contributed by atoms with Gasteiger partial charge in [0.2, 0.25) is 10.0 Å². The maximum atomic E-state index is 11.6. The van der Waals surface area contributed by atoms with E-state index in [0.717, 1.165) is 38.4 Å². The average molecular weight is 367 g/mol. The van der Waals surface area contributed by atoms with E-state index in [4.69, 9.17) is 4.99 Å².